The van der Waals surface area contributed by atoms with Crippen molar-refractivity contribution >= 4 is 34.2 Å². The largest absolute Gasteiger partial charge is 0.573 e. The average molecular weight is 663 g/mol. The van der Waals surface area contributed by atoms with Gasteiger partial charge >= 0.3 is 17.7 Å². The molecular formula is C27H17F3IN3O6. The number of rotatable bonds is 3. The number of hydrogen-bond donors (Lipinski definition) is 1. The predicted molar refractivity (Wildman–Crippen MR) is 143 cm³/mol. The van der Waals surface area contributed by atoms with E-state index in [1.54, 1.807) is 59.0 Å². The number of phenols is 1. The molecule has 0 radical (unpaired) electrons. The minimum atomic E-state index is -5.02. The van der Waals surface area contributed by atoms with Crippen LogP contribution < -0.4 is 16.1 Å². The normalized spacial score (nSPS) is 20.4. The SMILES string of the molecule is O=C1C=C(I)C(=O)C2=C1C[C@@H]1C(=CCn3c(=O)n(-c4ccccc4)c(=O)n31)[C@@H]2c1cc(OC(F)(F)F)ccc1O. The molecule has 0 bridgehead atoms. The van der Waals surface area contributed by atoms with Gasteiger partial charge in [0.1, 0.15) is 11.5 Å². The first-order valence-electron chi connectivity index (χ1n) is 11.9. The second-order valence-electron chi connectivity index (χ2n) is 9.37. The van der Waals surface area contributed by atoms with E-state index in [-0.39, 0.29) is 33.3 Å². The van der Waals surface area contributed by atoms with E-state index in [1.165, 1.54) is 9.36 Å². The van der Waals surface area contributed by atoms with Gasteiger partial charge in [0.25, 0.3) is 0 Å². The molecule has 40 heavy (non-hydrogen) atoms. The molecule has 2 aliphatic carbocycles. The number of carbonyl (C=O) groups excluding carboxylic acids is 2. The summed E-state index contributed by atoms with van der Waals surface area (Å²) in [6.07, 6.45) is -2.37. The monoisotopic (exact) mass is 663 g/mol. The Hall–Kier alpha value is -4.14. The van der Waals surface area contributed by atoms with E-state index in [9.17, 15) is 37.5 Å². The van der Waals surface area contributed by atoms with Gasteiger partial charge < -0.3 is 9.84 Å². The topological polar surface area (TPSA) is 113 Å². The van der Waals surface area contributed by atoms with E-state index in [1.807, 2.05) is 0 Å². The van der Waals surface area contributed by atoms with Gasteiger partial charge in [0.05, 0.1) is 21.9 Å². The zero-order chi connectivity index (χ0) is 28.5. The molecule has 0 saturated carbocycles. The summed E-state index contributed by atoms with van der Waals surface area (Å²) in [5.41, 5.74) is -0.637. The van der Waals surface area contributed by atoms with Crippen molar-refractivity contribution < 1.29 is 32.6 Å². The highest BCUT2D eigenvalue weighted by molar-refractivity contribution is 14.1. The van der Waals surface area contributed by atoms with Crippen LogP contribution in [0.3, 0.4) is 0 Å². The number of carbonyl (C=O) groups is 2. The highest BCUT2D eigenvalue weighted by Crippen LogP contribution is 2.52. The maximum absolute atomic E-state index is 13.7. The number of ketones is 2. The van der Waals surface area contributed by atoms with E-state index < -0.39 is 52.8 Å². The van der Waals surface area contributed by atoms with Crippen LogP contribution in [0.1, 0.15) is 23.9 Å². The Balaban J connectivity index is 1.58. The van der Waals surface area contributed by atoms with E-state index in [4.69, 9.17) is 0 Å². The number of phenolic OH excluding ortho intramolecular Hbond substituents is 1. The van der Waals surface area contributed by atoms with Crippen LogP contribution in [0.5, 0.6) is 11.5 Å². The Morgan fingerprint density at radius 1 is 1.00 bits per heavy atom. The fourth-order valence-corrected chi connectivity index (χ4v) is 6.16. The average Bonchev–Trinajstić information content (AvgIpc) is 3.16. The van der Waals surface area contributed by atoms with Crippen molar-refractivity contribution in [3.63, 3.8) is 0 Å². The number of alkyl halides is 3. The number of allylic oxidation sites excluding steroid dienone is 6. The molecule has 2 heterocycles. The van der Waals surface area contributed by atoms with Crippen LogP contribution in [0.25, 0.3) is 5.69 Å². The molecule has 0 fully saturated rings. The first kappa shape index (κ1) is 26.1. The second kappa shape index (κ2) is 9.21. The minimum Gasteiger partial charge on any atom is -0.508 e. The highest BCUT2D eigenvalue weighted by atomic mass is 127. The molecular weight excluding hydrogens is 646 g/mol. The highest BCUT2D eigenvalue weighted by Gasteiger charge is 2.46. The minimum absolute atomic E-state index is 0.00481. The van der Waals surface area contributed by atoms with Gasteiger partial charge in [-0.25, -0.2) is 23.5 Å². The molecule has 1 N–H and O–H groups in total. The number of Topliss-reactive ketones (excluding diaryl/α,β-unsaturated/α-hetero) is 1. The maximum atomic E-state index is 13.7. The van der Waals surface area contributed by atoms with E-state index in [2.05, 4.69) is 4.74 Å². The van der Waals surface area contributed by atoms with Crippen molar-refractivity contribution in [1.29, 1.82) is 0 Å². The summed E-state index contributed by atoms with van der Waals surface area (Å²) in [6, 6.07) is 10.2. The van der Waals surface area contributed by atoms with E-state index >= 15 is 0 Å². The Labute approximate surface area is 236 Å². The Morgan fingerprint density at radius 2 is 1.73 bits per heavy atom. The van der Waals surface area contributed by atoms with Crippen LogP contribution in [0.2, 0.25) is 0 Å². The summed E-state index contributed by atoms with van der Waals surface area (Å²) in [5, 5.41) is 10.8. The number of halogens is 4. The molecule has 2 aromatic carbocycles. The smallest absolute Gasteiger partial charge is 0.508 e. The maximum Gasteiger partial charge on any atom is 0.573 e. The summed E-state index contributed by atoms with van der Waals surface area (Å²) in [6.45, 7) is -0.0899. The molecule has 2 atom stereocenters. The summed E-state index contributed by atoms with van der Waals surface area (Å²) in [4.78, 5) is 53.5. The standard InChI is InChI=1S/C27H17F3IN3O6/c28-27(29,30)40-14-6-7-20(35)16(10-14)22-15-8-9-32-25(38)33(13-4-2-1-3-5-13)26(39)34(32)19(15)11-17-21(36)12-18(31)24(37)23(17)22/h1-8,10,12,19,22,35H,9,11H2/t19-,22-/m1/s1. The van der Waals surface area contributed by atoms with Crippen molar-refractivity contribution in [3.8, 4) is 17.2 Å². The number of para-hydroxylation sites is 1. The van der Waals surface area contributed by atoms with Gasteiger partial charge in [0.15, 0.2) is 11.6 Å². The second-order valence-corrected chi connectivity index (χ2v) is 10.5. The van der Waals surface area contributed by atoms with Crippen LogP contribution in [0.4, 0.5) is 13.2 Å². The number of aromatic hydroxyl groups is 1. The molecule has 3 aromatic rings. The van der Waals surface area contributed by atoms with Crippen LogP contribution in [0, 0.1) is 0 Å². The third-order valence-electron chi connectivity index (χ3n) is 7.16. The number of nitrogens with zero attached hydrogens (tertiary/aromatic N) is 3. The van der Waals surface area contributed by atoms with Gasteiger partial charge in [-0.05, 0) is 58.5 Å². The zero-order valence-electron chi connectivity index (χ0n) is 20.2. The van der Waals surface area contributed by atoms with Crippen molar-refractivity contribution in [3.05, 3.63) is 108 Å². The first-order valence-corrected chi connectivity index (χ1v) is 13.0. The quantitative estimate of drug-likeness (QED) is 0.259. The lowest BCUT2D eigenvalue weighted by molar-refractivity contribution is -0.274. The van der Waals surface area contributed by atoms with Crippen LogP contribution in [0.15, 0.2) is 90.6 Å². The van der Waals surface area contributed by atoms with Gasteiger partial charge in [-0.3, -0.25) is 9.59 Å². The number of ether oxygens (including phenoxy) is 1. The molecule has 0 saturated heterocycles. The van der Waals surface area contributed by atoms with E-state index in [0.29, 0.717) is 11.3 Å². The lowest BCUT2D eigenvalue weighted by Crippen LogP contribution is -2.40. The molecule has 3 aliphatic rings. The summed E-state index contributed by atoms with van der Waals surface area (Å²) in [5.74, 6) is -3.27. The third kappa shape index (κ3) is 4.06. The van der Waals surface area contributed by atoms with Gasteiger partial charge in [-0.2, -0.15) is 0 Å². The number of aromatic nitrogens is 3. The molecule has 0 unspecified atom stereocenters. The van der Waals surface area contributed by atoms with Gasteiger partial charge in [0.2, 0.25) is 0 Å². The van der Waals surface area contributed by atoms with Crippen molar-refractivity contribution in [2.75, 3.05) is 0 Å². The molecule has 0 spiro atoms. The predicted octanol–water partition coefficient (Wildman–Crippen LogP) is 3.84. The first-order chi connectivity index (χ1) is 19.0. The Morgan fingerprint density at radius 3 is 2.42 bits per heavy atom. The molecule has 1 aromatic heterocycles. The third-order valence-corrected chi connectivity index (χ3v) is 7.96. The van der Waals surface area contributed by atoms with Crippen LogP contribution in [-0.4, -0.2) is 37.0 Å². The Kier molecular flexibility index (Phi) is 6.01. The number of benzene rings is 2. The molecule has 6 rings (SSSR count). The molecule has 204 valence electrons. The molecule has 9 nitrogen and oxygen atoms in total. The zero-order valence-corrected chi connectivity index (χ0v) is 22.3. The fourth-order valence-electron chi connectivity index (χ4n) is 5.58. The fraction of sp³-hybridized carbons (Fsp3) is 0.185. The summed E-state index contributed by atoms with van der Waals surface area (Å²) >= 11 is 1.71. The Bertz CT molecular complexity index is 1830. The lowest BCUT2D eigenvalue weighted by Gasteiger charge is -2.39. The van der Waals surface area contributed by atoms with Gasteiger partial charge in [-0.1, -0.05) is 24.3 Å². The van der Waals surface area contributed by atoms with Crippen LogP contribution in [-0.2, 0) is 16.1 Å². The van der Waals surface area contributed by atoms with Crippen LogP contribution >= 0.6 is 22.6 Å². The van der Waals surface area contributed by atoms with Crippen molar-refractivity contribution in [1.82, 2.24) is 13.9 Å². The van der Waals surface area contributed by atoms with Gasteiger partial charge in [0, 0.05) is 35.1 Å². The lowest BCUT2D eigenvalue weighted by atomic mass is 9.68. The van der Waals surface area contributed by atoms with Crippen molar-refractivity contribution in [2.45, 2.75) is 31.3 Å². The van der Waals surface area contributed by atoms with Gasteiger partial charge in [-0.15, -0.1) is 13.2 Å². The van der Waals surface area contributed by atoms with E-state index in [0.717, 1.165) is 28.8 Å². The molecule has 1 aliphatic heterocycles. The van der Waals surface area contributed by atoms with Crippen molar-refractivity contribution in [2.24, 2.45) is 0 Å². The summed E-state index contributed by atoms with van der Waals surface area (Å²) in [7, 11) is 0. The number of fused-ring (bicyclic) bond motifs is 3. The molecule has 0 amide bonds. The molecule has 13 heteroatoms. The summed E-state index contributed by atoms with van der Waals surface area (Å²) < 4.78 is 46.6. The number of hydrogen-bond acceptors (Lipinski definition) is 6.